The number of nitrogens with one attached hydrogen (secondary N) is 1. The van der Waals surface area contributed by atoms with Gasteiger partial charge in [-0.2, -0.15) is 0 Å². The van der Waals surface area contributed by atoms with E-state index in [-0.39, 0.29) is 41.0 Å². The number of ether oxygens (including phenoxy) is 1. The molecule has 140 valence electrons. The Balaban J connectivity index is 0. The molecule has 1 aliphatic rings. The molecule has 2 amide bonds. The van der Waals surface area contributed by atoms with Crippen molar-refractivity contribution in [3.63, 3.8) is 0 Å². The van der Waals surface area contributed by atoms with Crippen molar-refractivity contribution in [2.75, 3.05) is 0 Å². The van der Waals surface area contributed by atoms with Crippen LogP contribution in [-0.4, -0.2) is 35.1 Å². The summed E-state index contributed by atoms with van der Waals surface area (Å²) in [6, 6.07) is -0.845. The number of aliphatic imine (C=N–C) groups is 1. The Morgan fingerprint density at radius 1 is 1.38 bits per heavy atom. The predicted molar refractivity (Wildman–Crippen MR) is 86.3 cm³/mol. The van der Waals surface area contributed by atoms with Crippen molar-refractivity contribution in [1.29, 1.82) is 0 Å². The molecule has 0 spiro atoms. The Morgan fingerprint density at radius 2 is 1.92 bits per heavy atom. The summed E-state index contributed by atoms with van der Waals surface area (Å²) in [5.74, 6) is -2.11. The summed E-state index contributed by atoms with van der Waals surface area (Å²) in [6.45, 7) is 10.2. The molecule has 0 saturated carbocycles. The quantitative estimate of drug-likeness (QED) is 0.243. The number of rotatable bonds is 5. The topological polar surface area (TPSA) is 145 Å². The monoisotopic (exact) mass is 378 g/mol. The van der Waals surface area contributed by atoms with Crippen LogP contribution in [0.25, 0.3) is 0 Å². The van der Waals surface area contributed by atoms with Crippen molar-refractivity contribution in [3.05, 3.63) is 12.2 Å². The Kier molecular flexibility index (Phi) is 12.1. The second kappa shape index (κ2) is 11.8. The zero-order valence-corrected chi connectivity index (χ0v) is 17.7. The van der Waals surface area contributed by atoms with Crippen LogP contribution < -0.4 is 40.0 Å². The summed E-state index contributed by atoms with van der Waals surface area (Å²) in [5, 5.41) is 20.9. The normalized spacial score (nSPS) is 19.6. The average Bonchev–Trinajstić information content (AvgIpc) is 2.47. The maximum atomic E-state index is 11.9. The minimum absolute atomic E-state index is 0. The van der Waals surface area contributed by atoms with Crippen molar-refractivity contribution >= 4 is 30.0 Å². The van der Waals surface area contributed by atoms with E-state index in [0.29, 0.717) is 6.42 Å². The summed E-state index contributed by atoms with van der Waals surface area (Å²) < 4.78 is 3.69. The molecule has 0 aromatic carbocycles. The number of hydrogen-bond acceptors (Lipinski definition) is 6. The van der Waals surface area contributed by atoms with Crippen LogP contribution in [0.3, 0.4) is 0 Å². The molecule has 0 radical (unpaired) electrons. The minimum Gasteiger partial charge on any atom is -0.846 e. The number of amides is 2. The Hall–Kier alpha value is -1.71. The molecule has 0 aliphatic carbocycles. The van der Waals surface area contributed by atoms with Crippen LogP contribution in [0.1, 0.15) is 47.0 Å². The molecule has 10 heteroatoms. The maximum absolute atomic E-state index is 11.9. The van der Waals surface area contributed by atoms with Gasteiger partial charge in [-0.1, -0.05) is 33.8 Å². The van der Waals surface area contributed by atoms with E-state index in [1.165, 1.54) is 6.92 Å². The van der Waals surface area contributed by atoms with Crippen LogP contribution in [0.15, 0.2) is 17.1 Å². The number of nitrogens with zero attached hydrogens (tertiary/aromatic N) is 1. The van der Waals surface area contributed by atoms with E-state index >= 15 is 0 Å². The third kappa shape index (κ3) is 6.89. The SMILES string of the molecule is C=C(C)C(=O)OC(=O)O.CCCC(C)C1(CC)C(=O)N=C([O-])NC1=O.[Na+]. The van der Waals surface area contributed by atoms with Gasteiger partial charge in [-0.05, 0) is 25.7 Å². The summed E-state index contributed by atoms with van der Waals surface area (Å²) in [4.78, 5) is 46.9. The fourth-order valence-corrected chi connectivity index (χ4v) is 2.47. The third-order valence-corrected chi connectivity index (χ3v) is 3.86. The fourth-order valence-electron chi connectivity index (χ4n) is 2.47. The van der Waals surface area contributed by atoms with Crippen molar-refractivity contribution in [2.45, 2.75) is 47.0 Å². The van der Waals surface area contributed by atoms with E-state index in [1.54, 1.807) is 6.92 Å². The molecule has 2 N–H and O–H groups in total. The molecule has 1 aliphatic heterocycles. The summed E-state index contributed by atoms with van der Waals surface area (Å²) in [7, 11) is 0. The van der Waals surface area contributed by atoms with Gasteiger partial charge in [0, 0.05) is 5.57 Å². The molecule has 26 heavy (non-hydrogen) atoms. The Morgan fingerprint density at radius 3 is 2.23 bits per heavy atom. The summed E-state index contributed by atoms with van der Waals surface area (Å²) >= 11 is 0. The van der Waals surface area contributed by atoms with E-state index in [1.807, 2.05) is 13.8 Å². The van der Waals surface area contributed by atoms with E-state index < -0.39 is 35.4 Å². The molecule has 0 fully saturated rings. The first kappa shape index (κ1) is 26.5. The number of carbonyl (C=O) groups is 4. The van der Waals surface area contributed by atoms with Crippen LogP contribution in [0.2, 0.25) is 0 Å². The predicted octanol–water partition coefficient (Wildman–Crippen LogP) is -2.02. The zero-order valence-electron chi connectivity index (χ0n) is 15.7. The van der Waals surface area contributed by atoms with Crippen LogP contribution in [0.4, 0.5) is 4.79 Å². The number of carbonyl (C=O) groups excluding carboxylic acids is 3. The molecule has 1 rings (SSSR count). The molecule has 0 bridgehead atoms. The third-order valence-electron chi connectivity index (χ3n) is 3.86. The van der Waals surface area contributed by atoms with Gasteiger partial charge in [-0.15, -0.1) is 0 Å². The smallest absolute Gasteiger partial charge is 0.846 e. The first-order chi connectivity index (χ1) is 11.5. The molecule has 1 heterocycles. The summed E-state index contributed by atoms with van der Waals surface area (Å²) in [5.41, 5.74) is -1.08. The number of hydrogen-bond donors (Lipinski definition) is 2. The Labute approximate surface area is 174 Å². The van der Waals surface area contributed by atoms with Gasteiger partial charge in [0.25, 0.3) is 5.91 Å². The van der Waals surface area contributed by atoms with Crippen molar-refractivity contribution in [1.82, 2.24) is 5.32 Å². The van der Waals surface area contributed by atoms with Gasteiger partial charge >= 0.3 is 41.7 Å². The molecule has 9 nitrogen and oxygen atoms in total. The van der Waals surface area contributed by atoms with Gasteiger partial charge in [0.15, 0.2) is 0 Å². The molecular formula is C16H23N2NaO7. The number of carboxylic acid groups (broad SMARTS) is 1. The van der Waals surface area contributed by atoms with Crippen LogP contribution in [0, 0.1) is 11.3 Å². The van der Waals surface area contributed by atoms with Gasteiger partial charge in [-0.25, -0.2) is 14.6 Å². The number of amidine groups is 1. The van der Waals surface area contributed by atoms with E-state index in [2.05, 4.69) is 21.6 Å². The van der Waals surface area contributed by atoms with E-state index in [9.17, 15) is 24.3 Å². The van der Waals surface area contributed by atoms with E-state index in [0.717, 1.165) is 12.8 Å². The first-order valence-electron chi connectivity index (χ1n) is 7.75. The second-order valence-corrected chi connectivity index (χ2v) is 5.63. The van der Waals surface area contributed by atoms with Crippen molar-refractivity contribution in [2.24, 2.45) is 16.3 Å². The standard InChI is InChI=1S/C11H18N2O3.C5H6O4.Na/c1-4-6-7(3)11(5-2)8(14)12-10(16)13-9(11)15;1-3(2)4(6)9-5(7)8;/h7H,4-6H2,1-3H3,(H2,12,13,14,15,16);1H2,2H3,(H,7,8);/q;;+1/p-1. The molecule has 2 atom stereocenters. The summed E-state index contributed by atoms with van der Waals surface area (Å²) in [6.07, 6.45) is 0.409. The Bertz CT molecular complexity index is 603. The van der Waals surface area contributed by atoms with Crippen molar-refractivity contribution in [3.8, 4) is 0 Å². The van der Waals surface area contributed by atoms with Crippen LogP contribution in [0.5, 0.6) is 0 Å². The van der Waals surface area contributed by atoms with Gasteiger partial charge in [-0.3, -0.25) is 9.59 Å². The first-order valence-corrected chi connectivity index (χ1v) is 7.75. The molecule has 0 saturated heterocycles. The van der Waals surface area contributed by atoms with E-state index in [4.69, 9.17) is 5.11 Å². The number of esters is 1. The van der Waals surface area contributed by atoms with Crippen LogP contribution >= 0.6 is 0 Å². The largest absolute Gasteiger partial charge is 1.00 e. The molecule has 0 aromatic rings. The fraction of sp³-hybridized carbons (Fsp3) is 0.562. The zero-order chi connectivity index (χ0) is 19.8. The van der Waals surface area contributed by atoms with Crippen LogP contribution in [-0.2, 0) is 19.1 Å². The maximum Gasteiger partial charge on any atom is 1.00 e. The van der Waals surface area contributed by atoms with Gasteiger partial charge < -0.3 is 20.3 Å². The van der Waals surface area contributed by atoms with Gasteiger partial charge in [0.2, 0.25) is 5.91 Å². The average molecular weight is 378 g/mol. The minimum atomic E-state index is -1.61. The molecular weight excluding hydrogens is 355 g/mol. The van der Waals surface area contributed by atoms with Gasteiger partial charge in [0.1, 0.15) is 5.41 Å². The van der Waals surface area contributed by atoms with Gasteiger partial charge in [0.05, 0.1) is 6.02 Å². The van der Waals surface area contributed by atoms with Crippen molar-refractivity contribution < 1.29 is 63.7 Å². The molecule has 2 unspecified atom stereocenters. The second-order valence-electron chi connectivity index (χ2n) is 5.63. The molecule has 0 aromatic heterocycles.